The molecule has 0 fully saturated rings. The Labute approximate surface area is 83.5 Å². The highest BCUT2D eigenvalue weighted by Crippen LogP contribution is 2.21. The topological polar surface area (TPSA) is 0 Å². The van der Waals surface area contributed by atoms with E-state index in [4.69, 9.17) is 23.2 Å². The van der Waals surface area contributed by atoms with Gasteiger partial charge in [-0.05, 0) is 18.1 Å². The minimum atomic E-state index is 0.287. The van der Waals surface area contributed by atoms with Crippen LogP contribution < -0.4 is 0 Å². The molecule has 66 valence electrons. The molecule has 1 aromatic carbocycles. The smallest absolute Gasteiger partial charge is 0.0303 e. The lowest BCUT2D eigenvalue weighted by molar-refractivity contribution is 0.873. The van der Waals surface area contributed by atoms with Crippen LogP contribution >= 0.6 is 23.2 Å². The molecule has 0 radical (unpaired) electrons. The van der Waals surface area contributed by atoms with E-state index in [0.717, 1.165) is 0 Å². The molecule has 0 N–H and O–H groups in total. The highest BCUT2D eigenvalue weighted by atomic mass is 35.5. The van der Waals surface area contributed by atoms with Gasteiger partial charge in [-0.2, -0.15) is 0 Å². The number of alkyl halides is 2. The monoisotopic (exact) mass is 202 g/mol. The summed E-state index contributed by atoms with van der Waals surface area (Å²) in [4.78, 5) is 0. The van der Waals surface area contributed by atoms with Crippen molar-refractivity contribution in [3.8, 4) is 0 Å². The molecule has 0 saturated carbocycles. The molecule has 0 aromatic heterocycles. The lowest BCUT2D eigenvalue weighted by atomic mass is 9.98. The van der Waals surface area contributed by atoms with E-state index in [1.165, 1.54) is 11.1 Å². The van der Waals surface area contributed by atoms with E-state index >= 15 is 0 Å². The van der Waals surface area contributed by atoms with Gasteiger partial charge < -0.3 is 0 Å². The van der Waals surface area contributed by atoms with Crippen LogP contribution in [0.3, 0.4) is 0 Å². The zero-order chi connectivity index (χ0) is 8.97. The van der Waals surface area contributed by atoms with E-state index in [0.29, 0.717) is 11.8 Å². The van der Waals surface area contributed by atoms with Crippen LogP contribution in [-0.4, -0.2) is 11.8 Å². The van der Waals surface area contributed by atoms with Crippen LogP contribution in [0.15, 0.2) is 24.3 Å². The maximum absolute atomic E-state index is 5.79. The van der Waals surface area contributed by atoms with Gasteiger partial charge in [-0.3, -0.25) is 0 Å². The van der Waals surface area contributed by atoms with E-state index in [-0.39, 0.29) is 5.92 Å². The Kier molecular flexibility index (Phi) is 3.90. The lowest BCUT2D eigenvalue weighted by Crippen LogP contribution is -2.03. The number of aryl methyl sites for hydroxylation is 1. The predicted octanol–water partition coefficient (Wildman–Crippen LogP) is 3.56. The third-order valence-electron chi connectivity index (χ3n) is 2.00. The maximum atomic E-state index is 5.79. The van der Waals surface area contributed by atoms with E-state index in [9.17, 15) is 0 Å². The van der Waals surface area contributed by atoms with Gasteiger partial charge >= 0.3 is 0 Å². The van der Waals surface area contributed by atoms with Crippen molar-refractivity contribution in [1.29, 1.82) is 0 Å². The fraction of sp³-hybridized carbons (Fsp3) is 0.400. The highest BCUT2D eigenvalue weighted by molar-refractivity contribution is 6.21. The fourth-order valence-electron chi connectivity index (χ4n) is 1.25. The number of hydrogen-bond donors (Lipinski definition) is 0. The zero-order valence-electron chi connectivity index (χ0n) is 7.06. The molecule has 0 nitrogen and oxygen atoms in total. The van der Waals surface area contributed by atoms with Crippen molar-refractivity contribution >= 4 is 23.2 Å². The number of halogens is 2. The third kappa shape index (κ3) is 2.15. The van der Waals surface area contributed by atoms with Gasteiger partial charge in [0.25, 0.3) is 0 Å². The second-order valence-electron chi connectivity index (χ2n) is 2.86. The summed E-state index contributed by atoms with van der Waals surface area (Å²) in [5.74, 6) is 1.47. The Morgan fingerprint density at radius 3 is 2.25 bits per heavy atom. The summed E-state index contributed by atoms with van der Waals surface area (Å²) >= 11 is 11.6. The van der Waals surface area contributed by atoms with Crippen molar-refractivity contribution in [3.63, 3.8) is 0 Å². The lowest BCUT2D eigenvalue weighted by Gasteiger charge is -2.12. The average molecular weight is 203 g/mol. The van der Waals surface area contributed by atoms with Crippen LogP contribution in [0.2, 0.25) is 0 Å². The number of benzene rings is 1. The Hall–Kier alpha value is -0.200. The number of hydrogen-bond acceptors (Lipinski definition) is 0. The van der Waals surface area contributed by atoms with Gasteiger partial charge in [0.1, 0.15) is 0 Å². The second kappa shape index (κ2) is 4.74. The molecule has 0 atom stereocenters. The minimum absolute atomic E-state index is 0.287. The molecule has 0 bridgehead atoms. The summed E-state index contributed by atoms with van der Waals surface area (Å²) in [5, 5.41) is 0. The molecule has 0 saturated heterocycles. The first kappa shape index (κ1) is 9.88. The standard InChI is InChI=1S/C10H12Cl2/c1-8-4-2-3-5-10(8)9(6-11)7-12/h2-5,9H,6-7H2,1H3. The highest BCUT2D eigenvalue weighted by Gasteiger charge is 2.10. The van der Waals surface area contributed by atoms with E-state index < -0.39 is 0 Å². The molecule has 2 heteroatoms. The predicted molar refractivity (Wildman–Crippen MR) is 55.4 cm³/mol. The minimum Gasteiger partial charge on any atom is -0.126 e. The maximum Gasteiger partial charge on any atom is 0.0303 e. The number of rotatable bonds is 3. The van der Waals surface area contributed by atoms with Gasteiger partial charge in [0, 0.05) is 17.7 Å². The van der Waals surface area contributed by atoms with Crippen LogP contribution in [0.1, 0.15) is 17.0 Å². The van der Waals surface area contributed by atoms with Crippen LogP contribution in [0.5, 0.6) is 0 Å². The van der Waals surface area contributed by atoms with Crippen LogP contribution in [0, 0.1) is 6.92 Å². The molecular formula is C10H12Cl2. The molecule has 0 amide bonds. The fourth-order valence-corrected chi connectivity index (χ4v) is 1.91. The van der Waals surface area contributed by atoms with Gasteiger partial charge in [-0.1, -0.05) is 24.3 Å². The van der Waals surface area contributed by atoms with Gasteiger partial charge in [-0.15, -0.1) is 23.2 Å². The second-order valence-corrected chi connectivity index (χ2v) is 3.48. The Bertz CT molecular complexity index is 241. The normalized spacial score (nSPS) is 10.7. The van der Waals surface area contributed by atoms with Gasteiger partial charge in [0.2, 0.25) is 0 Å². The van der Waals surface area contributed by atoms with E-state index in [1.54, 1.807) is 0 Å². The SMILES string of the molecule is Cc1ccccc1C(CCl)CCl. The molecular weight excluding hydrogens is 191 g/mol. The van der Waals surface area contributed by atoms with Gasteiger partial charge in [0.05, 0.1) is 0 Å². The van der Waals surface area contributed by atoms with Crippen LogP contribution in [0.4, 0.5) is 0 Å². The Morgan fingerprint density at radius 2 is 1.75 bits per heavy atom. The quantitative estimate of drug-likeness (QED) is 0.659. The van der Waals surface area contributed by atoms with Crippen molar-refractivity contribution < 1.29 is 0 Å². The molecule has 0 aliphatic carbocycles. The van der Waals surface area contributed by atoms with Crippen molar-refractivity contribution in [2.45, 2.75) is 12.8 Å². The average Bonchev–Trinajstić information content (AvgIpc) is 2.10. The molecule has 0 aliphatic heterocycles. The Balaban J connectivity index is 2.92. The van der Waals surface area contributed by atoms with Crippen molar-refractivity contribution in [1.82, 2.24) is 0 Å². The van der Waals surface area contributed by atoms with Gasteiger partial charge in [0.15, 0.2) is 0 Å². The van der Waals surface area contributed by atoms with E-state index in [2.05, 4.69) is 19.1 Å². The first-order valence-corrected chi connectivity index (χ1v) is 5.04. The van der Waals surface area contributed by atoms with Gasteiger partial charge in [-0.25, -0.2) is 0 Å². The van der Waals surface area contributed by atoms with Crippen molar-refractivity contribution in [2.75, 3.05) is 11.8 Å². The Morgan fingerprint density at radius 1 is 1.17 bits per heavy atom. The summed E-state index contributed by atoms with van der Waals surface area (Å²) < 4.78 is 0. The summed E-state index contributed by atoms with van der Waals surface area (Å²) in [6.45, 7) is 2.08. The summed E-state index contributed by atoms with van der Waals surface area (Å²) in [6, 6.07) is 8.22. The van der Waals surface area contributed by atoms with E-state index in [1.807, 2.05) is 12.1 Å². The first-order chi connectivity index (χ1) is 5.79. The third-order valence-corrected chi connectivity index (χ3v) is 2.75. The molecule has 0 heterocycles. The zero-order valence-corrected chi connectivity index (χ0v) is 8.57. The van der Waals surface area contributed by atoms with Crippen molar-refractivity contribution in [2.24, 2.45) is 0 Å². The molecule has 1 rings (SSSR count). The summed E-state index contributed by atoms with van der Waals surface area (Å²) in [7, 11) is 0. The molecule has 0 aliphatic rings. The summed E-state index contributed by atoms with van der Waals surface area (Å²) in [5.41, 5.74) is 2.53. The van der Waals surface area contributed by atoms with Crippen molar-refractivity contribution in [3.05, 3.63) is 35.4 Å². The van der Waals surface area contributed by atoms with Crippen LogP contribution in [0.25, 0.3) is 0 Å². The summed E-state index contributed by atoms with van der Waals surface area (Å²) in [6.07, 6.45) is 0. The largest absolute Gasteiger partial charge is 0.126 e. The molecule has 1 aromatic rings. The molecule has 0 unspecified atom stereocenters. The first-order valence-electron chi connectivity index (χ1n) is 3.97. The molecule has 0 spiro atoms. The molecule has 12 heavy (non-hydrogen) atoms. The van der Waals surface area contributed by atoms with Crippen LogP contribution in [-0.2, 0) is 0 Å².